The first kappa shape index (κ1) is 13.4. The fraction of sp³-hybridized carbons (Fsp3) is 0.400. The lowest BCUT2D eigenvalue weighted by atomic mass is 10.3. The van der Waals surface area contributed by atoms with Crippen molar-refractivity contribution in [1.29, 1.82) is 0 Å². The van der Waals surface area contributed by atoms with Crippen LogP contribution in [0.15, 0.2) is 29.2 Å². The number of sulfone groups is 1. The molecule has 0 saturated carbocycles. The summed E-state index contributed by atoms with van der Waals surface area (Å²) in [5.74, 6) is -0.211. The third kappa shape index (κ3) is 3.45. The van der Waals surface area contributed by atoms with Gasteiger partial charge in [0, 0.05) is 12.6 Å². The number of aliphatic hydroxyl groups excluding tert-OH is 1. The first-order chi connectivity index (χ1) is 7.47. The normalized spacial score (nSPS) is 13.7. The van der Waals surface area contributed by atoms with Gasteiger partial charge in [0.25, 0.3) is 0 Å². The fourth-order valence-corrected chi connectivity index (χ4v) is 3.37. The minimum absolute atomic E-state index is 0.0880. The van der Waals surface area contributed by atoms with Crippen LogP contribution in [0.1, 0.15) is 6.42 Å². The molecule has 6 heteroatoms. The van der Waals surface area contributed by atoms with Crippen molar-refractivity contribution in [2.24, 2.45) is 5.73 Å². The Morgan fingerprint density at radius 3 is 2.56 bits per heavy atom. The largest absolute Gasteiger partial charge is 0.396 e. The number of halogens is 1. The monoisotopic (exact) mass is 263 g/mol. The molecule has 0 aliphatic heterocycles. The summed E-state index contributed by atoms with van der Waals surface area (Å²) in [4.78, 5) is 0.0880. The minimum atomic E-state index is -3.48. The molecule has 0 spiro atoms. The summed E-state index contributed by atoms with van der Waals surface area (Å²) in [5.41, 5.74) is 5.58. The molecule has 0 aliphatic carbocycles. The summed E-state index contributed by atoms with van der Waals surface area (Å²) < 4.78 is 23.8. The van der Waals surface area contributed by atoms with Gasteiger partial charge in [-0.15, -0.1) is 0 Å². The van der Waals surface area contributed by atoms with Gasteiger partial charge >= 0.3 is 0 Å². The Balaban J connectivity index is 2.91. The predicted molar refractivity (Wildman–Crippen MR) is 63.2 cm³/mol. The molecule has 4 nitrogen and oxygen atoms in total. The molecule has 0 saturated heterocycles. The minimum Gasteiger partial charge on any atom is -0.396 e. The van der Waals surface area contributed by atoms with Crippen LogP contribution in [-0.4, -0.2) is 31.9 Å². The van der Waals surface area contributed by atoms with Crippen LogP contribution in [0.2, 0.25) is 5.02 Å². The summed E-state index contributed by atoms with van der Waals surface area (Å²) in [6.45, 7) is -0.126. The van der Waals surface area contributed by atoms with Crippen LogP contribution in [0.4, 0.5) is 0 Å². The van der Waals surface area contributed by atoms with E-state index >= 15 is 0 Å². The van der Waals surface area contributed by atoms with E-state index in [-0.39, 0.29) is 28.7 Å². The molecular formula is C10H14ClNO3S. The summed E-state index contributed by atoms with van der Waals surface area (Å²) in [6.07, 6.45) is 0.254. The molecule has 16 heavy (non-hydrogen) atoms. The predicted octanol–water partition coefficient (Wildman–Crippen LogP) is 0.823. The van der Waals surface area contributed by atoms with Crippen LogP contribution in [-0.2, 0) is 9.84 Å². The molecule has 0 amide bonds. The SMILES string of the molecule is NC(CCO)CS(=O)(=O)c1ccccc1Cl. The summed E-state index contributed by atoms with van der Waals surface area (Å²) in [6, 6.07) is 5.66. The Kier molecular flexibility index (Phi) is 4.73. The molecule has 1 aromatic carbocycles. The molecular weight excluding hydrogens is 250 g/mol. The molecule has 1 atom stereocenters. The second kappa shape index (κ2) is 5.63. The summed E-state index contributed by atoms with van der Waals surface area (Å²) >= 11 is 5.80. The van der Waals surface area contributed by atoms with Crippen LogP contribution in [0.25, 0.3) is 0 Å². The van der Waals surface area contributed by atoms with Gasteiger partial charge in [-0.05, 0) is 18.6 Å². The van der Waals surface area contributed by atoms with Gasteiger partial charge in [-0.3, -0.25) is 0 Å². The van der Waals surface area contributed by atoms with Gasteiger partial charge in [0.05, 0.1) is 15.7 Å². The van der Waals surface area contributed by atoms with E-state index in [1.54, 1.807) is 12.1 Å². The van der Waals surface area contributed by atoms with E-state index in [1.165, 1.54) is 12.1 Å². The van der Waals surface area contributed by atoms with Crippen molar-refractivity contribution < 1.29 is 13.5 Å². The Bertz CT molecular complexity index is 447. The second-order valence-electron chi connectivity index (χ2n) is 3.48. The number of benzene rings is 1. The maximum absolute atomic E-state index is 11.9. The number of rotatable bonds is 5. The fourth-order valence-electron chi connectivity index (χ4n) is 1.32. The van der Waals surface area contributed by atoms with E-state index in [0.717, 1.165) is 0 Å². The smallest absolute Gasteiger partial charge is 0.181 e. The van der Waals surface area contributed by atoms with E-state index in [4.69, 9.17) is 22.4 Å². The molecule has 0 heterocycles. The molecule has 90 valence electrons. The van der Waals surface area contributed by atoms with Gasteiger partial charge in [0.1, 0.15) is 0 Å². The zero-order valence-electron chi connectivity index (χ0n) is 8.64. The Morgan fingerprint density at radius 1 is 1.38 bits per heavy atom. The van der Waals surface area contributed by atoms with Crippen molar-refractivity contribution in [1.82, 2.24) is 0 Å². The third-order valence-corrected chi connectivity index (χ3v) is 4.44. The lowest BCUT2D eigenvalue weighted by Crippen LogP contribution is -2.30. The highest BCUT2D eigenvalue weighted by atomic mass is 35.5. The highest BCUT2D eigenvalue weighted by Crippen LogP contribution is 2.22. The quantitative estimate of drug-likeness (QED) is 0.824. The van der Waals surface area contributed by atoms with Crippen molar-refractivity contribution in [3.05, 3.63) is 29.3 Å². The maximum atomic E-state index is 11.9. The van der Waals surface area contributed by atoms with Crippen molar-refractivity contribution in [2.75, 3.05) is 12.4 Å². The van der Waals surface area contributed by atoms with Gasteiger partial charge in [-0.25, -0.2) is 8.42 Å². The van der Waals surface area contributed by atoms with E-state index < -0.39 is 15.9 Å². The Morgan fingerprint density at radius 2 is 2.00 bits per heavy atom. The molecule has 1 aromatic rings. The van der Waals surface area contributed by atoms with Crippen molar-refractivity contribution in [3.63, 3.8) is 0 Å². The standard InChI is InChI=1S/C10H14ClNO3S/c11-9-3-1-2-4-10(9)16(14,15)7-8(12)5-6-13/h1-4,8,13H,5-7,12H2. The zero-order chi connectivity index (χ0) is 12.2. The van der Waals surface area contributed by atoms with Crippen LogP contribution >= 0.6 is 11.6 Å². The van der Waals surface area contributed by atoms with Gasteiger partial charge in [-0.2, -0.15) is 0 Å². The van der Waals surface area contributed by atoms with Gasteiger partial charge in [0.15, 0.2) is 9.84 Å². The van der Waals surface area contributed by atoms with E-state index in [1.807, 2.05) is 0 Å². The molecule has 0 aliphatic rings. The highest BCUT2D eigenvalue weighted by molar-refractivity contribution is 7.91. The maximum Gasteiger partial charge on any atom is 0.181 e. The first-order valence-electron chi connectivity index (χ1n) is 4.81. The number of aliphatic hydroxyl groups is 1. The average molecular weight is 264 g/mol. The van der Waals surface area contributed by atoms with Crippen LogP contribution in [0.5, 0.6) is 0 Å². The second-order valence-corrected chi connectivity index (χ2v) is 5.89. The van der Waals surface area contributed by atoms with Crippen LogP contribution < -0.4 is 5.73 Å². The van der Waals surface area contributed by atoms with Crippen molar-refractivity contribution in [2.45, 2.75) is 17.4 Å². The van der Waals surface area contributed by atoms with Gasteiger partial charge < -0.3 is 10.8 Å². The van der Waals surface area contributed by atoms with Gasteiger partial charge in [0.2, 0.25) is 0 Å². The molecule has 0 radical (unpaired) electrons. The van der Waals surface area contributed by atoms with Crippen molar-refractivity contribution >= 4 is 21.4 Å². The molecule has 1 rings (SSSR count). The topological polar surface area (TPSA) is 80.4 Å². The van der Waals surface area contributed by atoms with E-state index in [9.17, 15) is 8.42 Å². The lowest BCUT2D eigenvalue weighted by molar-refractivity contribution is 0.279. The molecule has 0 aromatic heterocycles. The molecule has 0 fully saturated rings. The molecule has 0 bridgehead atoms. The third-order valence-electron chi connectivity index (χ3n) is 2.11. The van der Waals surface area contributed by atoms with Crippen molar-refractivity contribution in [3.8, 4) is 0 Å². The molecule has 3 N–H and O–H groups in total. The summed E-state index contributed by atoms with van der Waals surface area (Å²) in [7, 11) is -3.48. The Labute approximate surface area is 100.0 Å². The highest BCUT2D eigenvalue weighted by Gasteiger charge is 2.20. The van der Waals surface area contributed by atoms with Crippen LogP contribution in [0.3, 0.4) is 0 Å². The van der Waals surface area contributed by atoms with Crippen LogP contribution in [0, 0.1) is 0 Å². The Hall–Kier alpha value is -0.620. The number of hydrogen-bond donors (Lipinski definition) is 2. The van der Waals surface area contributed by atoms with Gasteiger partial charge in [-0.1, -0.05) is 23.7 Å². The first-order valence-corrected chi connectivity index (χ1v) is 6.84. The van der Waals surface area contributed by atoms with E-state index in [0.29, 0.717) is 0 Å². The number of nitrogens with two attached hydrogens (primary N) is 1. The lowest BCUT2D eigenvalue weighted by Gasteiger charge is -2.11. The average Bonchev–Trinajstić information content (AvgIpc) is 2.17. The zero-order valence-corrected chi connectivity index (χ0v) is 10.2. The number of hydrogen-bond acceptors (Lipinski definition) is 4. The molecule has 1 unspecified atom stereocenters. The van der Waals surface area contributed by atoms with E-state index in [2.05, 4.69) is 0 Å². The summed E-state index contributed by atoms with van der Waals surface area (Å²) in [5, 5.41) is 8.85.